The maximum Gasteiger partial charge on any atom is 0.109 e. The van der Waals surface area contributed by atoms with Gasteiger partial charge in [0, 0.05) is 19.6 Å². The topological polar surface area (TPSA) is 36.9 Å². The Labute approximate surface area is 91.7 Å². The molecule has 4 heteroatoms. The second-order valence-electron chi connectivity index (χ2n) is 3.96. The molecule has 1 rings (SSSR count). The molecule has 1 aliphatic heterocycles. The van der Waals surface area contributed by atoms with Crippen LogP contribution in [0.4, 0.5) is 0 Å². The van der Waals surface area contributed by atoms with Crippen molar-refractivity contribution in [3.05, 3.63) is 0 Å². The molecule has 0 aliphatic carbocycles. The average Bonchev–Trinajstić information content (AvgIpc) is 2.26. The summed E-state index contributed by atoms with van der Waals surface area (Å²) in [5.41, 5.74) is -0.149. The normalized spacial score (nSPS) is 26.8. The van der Waals surface area contributed by atoms with E-state index in [9.17, 15) is 0 Å². The zero-order valence-electron chi connectivity index (χ0n) is 9.79. The van der Waals surface area contributed by atoms with E-state index in [4.69, 9.17) is 14.5 Å². The van der Waals surface area contributed by atoms with Crippen LogP contribution in [0.25, 0.3) is 0 Å². The van der Waals surface area contributed by atoms with E-state index in [0.717, 1.165) is 45.3 Å². The van der Waals surface area contributed by atoms with Crippen molar-refractivity contribution in [2.75, 3.05) is 19.8 Å². The van der Waals surface area contributed by atoms with E-state index in [1.54, 1.807) is 0 Å². The van der Waals surface area contributed by atoms with Gasteiger partial charge in [0.2, 0.25) is 0 Å². The first-order valence-corrected chi connectivity index (χ1v) is 5.88. The monoisotopic (exact) mass is 218 g/mol. The SMILES string of the molecule is CCCC1(CCCOCC)CCOOO1. The summed E-state index contributed by atoms with van der Waals surface area (Å²) in [7, 11) is 0. The van der Waals surface area contributed by atoms with E-state index in [-0.39, 0.29) is 5.60 Å². The van der Waals surface area contributed by atoms with E-state index in [0.29, 0.717) is 6.61 Å². The molecule has 0 radical (unpaired) electrons. The highest BCUT2D eigenvalue weighted by molar-refractivity contribution is 4.79. The Balaban J connectivity index is 2.28. The number of ether oxygens (including phenoxy) is 1. The van der Waals surface area contributed by atoms with Crippen molar-refractivity contribution in [2.24, 2.45) is 0 Å². The molecule has 90 valence electrons. The van der Waals surface area contributed by atoms with Gasteiger partial charge in [0.15, 0.2) is 0 Å². The molecule has 0 saturated carbocycles. The first-order chi connectivity index (χ1) is 7.33. The van der Waals surface area contributed by atoms with E-state index in [2.05, 4.69) is 12.0 Å². The molecular formula is C11H22O4. The fraction of sp³-hybridized carbons (Fsp3) is 1.00. The van der Waals surface area contributed by atoms with E-state index in [1.165, 1.54) is 0 Å². The van der Waals surface area contributed by atoms with Crippen molar-refractivity contribution in [1.29, 1.82) is 0 Å². The van der Waals surface area contributed by atoms with Crippen LogP contribution in [0.3, 0.4) is 0 Å². The van der Waals surface area contributed by atoms with E-state index in [1.807, 2.05) is 6.92 Å². The minimum Gasteiger partial charge on any atom is -0.382 e. The molecule has 0 bridgehead atoms. The number of hydrogen-bond donors (Lipinski definition) is 0. The molecule has 1 unspecified atom stereocenters. The second-order valence-corrected chi connectivity index (χ2v) is 3.96. The zero-order valence-corrected chi connectivity index (χ0v) is 9.79. The van der Waals surface area contributed by atoms with Crippen LogP contribution in [-0.4, -0.2) is 25.4 Å². The van der Waals surface area contributed by atoms with Crippen LogP contribution >= 0.6 is 0 Å². The lowest BCUT2D eigenvalue weighted by atomic mass is 9.89. The molecule has 0 aromatic carbocycles. The lowest BCUT2D eigenvalue weighted by Crippen LogP contribution is -2.38. The van der Waals surface area contributed by atoms with E-state index < -0.39 is 0 Å². The summed E-state index contributed by atoms with van der Waals surface area (Å²) >= 11 is 0. The summed E-state index contributed by atoms with van der Waals surface area (Å²) in [5, 5.41) is 4.65. The van der Waals surface area contributed by atoms with Crippen molar-refractivity contribution < 1.29 is 19.6 Å². The van der Waals surface area contributed by atoms with Gasteiger partial charge < -0.3 is 4.74 Å². The van der Waals surface area contributed by atoms with Crippen LogP contribution in [0.1, 0.15) is 46.0 Å². The fourth-order valence-electron chi connectivity index (χ4n) is 1.95. The van der Waals surface area contributed by atoms with Gasteiger partial charge in [-0.1, -0.05) is 18.4 Å². The lowest BCUT2D eigenvalue weighted by Gasteiger charge is -2.34. The molecule has 15 heavy (non-hydrogen) atoms. The summed E-state index contributed by atoms with van der Waals surface area (Å²) in [5.74, 6) is 0. The molecule has 0 aromatic rings. The predicted octanol–water partition coefficient (Wildman–Crippen LogP) is 2.63. The third-order valence-electron chi connectivity index (χ3n) is 2.73. The first kappa shape index (κ1) is 12.9. The molecular weight excluding hydrogens is 196 g/mol. The highest BCUT2D eigenvalue weighted by Crippen LogP contribution is 2.31. The van der Waals surface area contributed by atoms with Crippen molar-refractivity contribution in [2.45, 2.75) is 51.6 Å². The molecule has 1 heterocycles. The van der Waals surface area contributed by atoms with E-state index >= 15 is 0 Å². The van der Waals surface area contributed by atoms with Crippen LogP contribution in [0, 0.1) is 0 Å². The van der Waals surface area contributed by atoms with Crippen molar-refractivity contribution >= 4 is 0 Å². The van der Waals surface area contributed by atoms with Gasteiger partial charge in [0.1, 0.15) is 5.60 Å². The molecule has 0 amide bonds. The molecule has 1 fully saturated rings. The summed E-state index contributed by atoms with van der Waals surface area (Å²) in [6, 6.07) is 0. The molecule has 1 aliphatic rings. The van der Waals surface area contributed by atoms with Crippen LogP contribution in [0.15, 0.2) is 0 Å². The smallest absolute Gasteiger partial charge is 0.109 e. The Bertz CT molecular complexity index is 149. The number of hydrogen-bond acceptors (Lipinski definition) is 4. The van der Waals surface area contributed by atoms with Gasteiger partial charge in [-0.2, -0.15) is 4.89 Å². The van der Waals surface area contributed by atoms with Crippen LogP contribution in [0.5, 0.6) is 0 Å². The summed E-state index contributed by atoms with van der Waals surface area (Å²) in [6.45, 7) is 6.36. The summed E-state index contributed by atoms with van der Waals surface area (Å²) < 4.78 is 5.32. The van der Waals surface area contributed by atoms with Gasteiger partial charge in [-0.25, -0.2) is 4.89 Å². The predicted molar refractivity (Wildman–Crippen MR) is 56.1 cm³/mol. The Hall–Kier alpha value is -0.160. The maximum absolute atomic E-state index is 5.32. The third kappa shape index (κ3) is 4.47. The highest BCUT2D eigenvalue weighted by Gasteiger charge is 2.34. The quantitative estimate of drug-likeness (QED) is 0.486. The average molecular weight is 218 g/mol. The van der Waals surface area contributed by atoms with Gasteiger partial charge in [-0.3, -0.25) is 0 Å². The first-order valence-electron chi connectivity index (χ1n) is 5.88. The van der Waals surface area contributed by atoms with Crippen molar-refractivity contribution in [3.63, 3.8) is 0 Å². The maximum atomic E-state index is 5.32. The van der Waals surface area contributed by atoms with Gasteiger partial charge in [-0.05, 0) is 26.2 Å². The zero-order chi connectivity index (χ0) is 11.0. The van der Waals surface area contributed by atoms with Crippen molar-refractivity contribution in [3.8, 4) is 0 Å². The third-order valence-corrected chi connectivity index (χ3v) is 2.73. The Morgan fingerprint density at radius 2 is 2.13 bits per heavy atom. The minimum atomic E-state index is -0.149. The molecule has 0 spiro atoms. The summed E-state index contributed by atoms with van der Waals surface area (Å²) in [6.07, 6.45) is 5.01. The molecule has 1 saturated heterocycles. The van der Waals surface area contributed by atoms with Crippen LogP contribution in [0.2, 0.25) is 0 Å². The molecule has 4 nitrogen and oxygen atoms in total. The summed E-state index contributed by atoms with van der Waals surface area (Å²) in [4.78, 5) is 10.1. The van der Waals surface area contributed by atoms with Gasteiger partial charge in [0.05, 0.1) is 6.61 Å². The van der Waals surface area contributed by atoms with Gasteiger partial charge in [-0.15, -0.1) is 0 Å². The number of rotatable bonds is 7. The van der Waals surface area contributed by atoms with Crippen molar-refractivity contribution in [1.82, 2.24) is 0 Å². The second kappa shape index (κ2) is 7.17. The highest BCUT2D eigenvalue weighted by atomic mass is 17.5. The molecule has 1 atom stereocenters. The van der Waals surface area contributed by atoms with Crippen LogP contribution < -0.4 is 0 Å². The molecule has 0 N–H and O–H groups in total. The van der Waals surface area contributed by atoms with Crippen LogP contribution in [-0.2, 0) is 19.6 Å². The largest absolute Gasteiger partial charge is 0.382 e. The minimum absolute atomic E-state index is 0.149. The molecule has 0 aromatic heterocycles. The Kier molecular flexibility index (Phi) is 6.17. The standard InChI is InChI=1S/C11H22O4/c1-3-6-11(7-5-9-12-4-2)8-10-13-15-14-11/h3-10H2,1-2H3. The Morgan fingerprint density at radius 1 is 1.27 bits per heavy atom. The Morgan fingerprint density at radius 3 is 2.73 bits per heavy atom. The van der Waals surface area contributed by atoms with Gasteiger partial charge >= 0.3 is 0 Å². The fourth-order valence-corrected chi connectivity index (χ4v) is 1.95. The van der Waals surface area contributed by atoms with Gasteiger partial charge in [0.25, 0.3) is 0 Å². The lowest BCUT2D eigenvalue weighted by molar-refractivity contribution is -0.570.